The van der Waals surface area contributed by atoms with Gasteiger partial charge in [0.25, 0.3) is 0 Å². The van der Waals surface area contributed by atoms with Gasteiger partial charge in [-0.2, -0.15) is 26.3 Å². The molecule has 8 nitrogen and oxygen atoms in total. The highest BCUT2D eigenvalue weighted by Crippen LogP contribution is 2.65. The molecule has 1 aliphatic rings. The molecule has 0 atom stereocenters. The zero-order chi connectivity index (χ0) is 36.9. The van der Waals surface area contributed by atoms with E-state index >= 15 is 17.6 Å². The summed E-state index contributed by atoms with van der Waals surface area (Å²) in [6, 6.07) is 2.03. The Bertz CT molecular complexity index is 1550. The summed E-state index contributed by atoms with van der Waals surface area (Å²) in [6.45, 7) is 11.3. The highest BCUT2D eigenvalue weighted by molar-refractivity contribution is 7.12. The number of hydrogen-bond donors (Lipinski definition) is 0. The Hall–Kier alpha value is -3.92. The van der Waals surface area contributed by atoms with Gasteiger partial charge >= 0.3 is 41.6 Å². The van der Waals surface area contributed by atoms with Gasteiger partial charge in [0.1, 0.15) is 13.2 Å². The summed E-state index contributed by atoms with van der Waals surface area (Å²) >= 11 is 1.62. The van der Waals surface area contributed by atoms with Crippen LogP contribution in [0.5, 0.6) is 0 Å². The molecule has 0 spiro atoms. The van der Waals surface area contributed by atoms with Crippen LogP contribution in [0, 0.1) is 13.8 Å². The van der Waals surface area contributed by atoms with Crippen LogP contribution in [-0.2, 0) is 51.3 Å². The Kier molecular flexibility index (Phi) is 12.7. The number of esters is 4. The summed E-state index contributed by atoms with van der Waals surface area (Å²) in [5.74, 6) is -19.1. The third-order valence-corrected chi connectivity index (χ3v) is 9.16. The first-order chi connectivity index (χ1) is 22.7. The Morgan fingerprint density at radius 3 is 1.33 bits per heavy atom. The van der Waals surface area contributed by atoms with Gasteiger partial charge in [-0.25, -0.2) is 9.59 Å². The van der Waals surface area contributed by atoms with Crippen LogP contribution in [0.4, 0.5) is 26.3 Å². The Balaban J connectivity index is 1.80. The zero-order valence-corrected chi connectivity index (χ0v) is 28.7. The first kappa shape index (κ1) is 39.5. The average molecular weight is 737 g/mol. The van der Waals surface area contributed by atoms with Crippen molar-refractivity contribution in [3.63, 3.8) is 0 Å². The molecule has 2 aromatic heterocycles. The molecule has 2 heterocycles. The number of rotatable bonds is 16. The summed E-state index contributed by atoms with van der Waals surface area (Å²) in [5.41, 5.74) is -3.85. The van der Waals surface area contributed by atoms with Gasteiger partial charge in [-0.15, -0.1) is 22.7 Å². The highest BCUT2D eigenvalue weighted by Gasteiger charge is 2.80. The second kappa shape index (κ2) is 15.7. The van der Waals surface area contributed by atoms with Crippen LogP contribution in [0.3, 0.4) is 0 Å². The van der Waals surface area contributed by atoms with E-state index in [4.69, 9.17) is 18.9 Å². The number of halogens is 6. The van der Waals surface area contributed by atoms with Crippen molar-refractivity contribution >= 4 is 57.7 Å². The first-order valence-corrected chi connectivity index (χ1v) is 16.4. The predicted octanol–water partition coefficient (Wildman–Crippen LogP) is 8.14. The van der Waals surface area contributed by atoms with Crippen molar-refractivity contribution in [1.29, 1.82) is 0 Å². The lowest BCUT2D eigenvalue weighted by atomic mass is 9.95. The van der Waals surface area contributed by atoms with Crippen molar-refractivity contribution in [2.24, 2.45) is 0 Å². The molecule has 0 radical (unpaired) electrons. The minimum absolute atomic E-state index is 0.00870. The molecule has 0 saturated heterocycles. The van der Waals surface area contributed by atoms with Crippen molar-refractivity contribution in [3.05, 3.63) is 67.1 Å². The van der Waals surface area contributed by atoms with E-state index < -0.39 is 77.1 Å². The average Bonchev–Trinajstić information content (AvgIpc) is 3.60. The summed E-state index contributed by atoms with van der Waals surface area (Å²) in [5, 5.41) is 0. The van der Waals surface area contributed by atoms with Crippen molar-refractivity contribution in [1.82, 2.24) is 0 Å². The molecule has 16 heteroatoms. The standard InChI is InChI=1S/C33H34F6O8S2/c1-17(2)29(42)44-11-7-9-25(40)46-15-21-13-23(19(5)48-21)27-28(32(36,37)33(38,39)31(27,34)35)24-14-22(49-20(24)6)16-47-26(41)10-8-12-45-30(43)18(3)4/h13-14H,1,3,7-12,15-16H2,2,4-6H3. The number of thiophene rings is 2. The van der Waals surface area contributed by atoms with E-state index in [1.54, 1.807) is 0 Å². The van der Waals surface area contributed by atoms with Gasteiger partial charge in [0.2, 0.25) is 0 Å². The first-order valence-electron chi connectivity index (χ1n) is 14.8. The van der Waals surface area contributed by atoms with Gasteiger partial charge in [0.15, 0.2) is 0 Å². The van der Waals surface area contributed by atoms with E-state index in [1.165, 1.54) is 27.7 Å². The topological polar surface area (TPSA) is 105 Å². The van der Waals surface area contributed by atoms with Crippen LogP contribution in [0.15, 0.2) is 36.4 Å². The van der Waals surface area contributed by atoms with Crippen LogP contribution in [0.2, 0.25) is 0 Å². The molecule has 49 heavy (non-hydrogen) atoms. The summed E-state index contributed by atoms with van der Waals surface area (Å²) in [4.78, 5) is 47.4. The Morgan fingerprint density at radius 2 is 1.00 bits per heavy atom. The normalized spacial score (nSPS) is 15.9. The van der Waals surface area contributed by atoms with E-state index in [0.29, 0.717) is 0 Å². The molecule has 2 aromatic rings. The molecular formula is C33H34F6O8S2. The van der Waals surface area contributed by atoms with Gasteiger partial charge in [-0.1, -0.05) is 13.2 Å². The fourth-order valence-corrected chi connectivity index (χ4v) is 6.53. The Labute approximate surface area is 286 Å². The quantitative estimate of drug-likeness (QED) is 0.0560. The maximum absolute atomic E-state index is 15.4. The largest absolute Gasteiger partial charge is 0.462 e. The summed E-state index contributed by atoms with van der Waals surface area (Å²) in [6.07, 6.45) is -0.0837. The maximum Gasteiger partial charge on any atom is 0.380 e. The molecular weight excluding hydrogens is 702 g/mol. The smallest absolute Gasteiger partial charge is 0.380 e. The second-order valence-electron chi connectivity index (χ2n) is 11.2. The van der Waals surface area contributed by atoms with Crippen molar-refractivity contribution in [2.75, 3.05) is 13.2 Å². The van der Waals surface area contributed by atoms with Gasteiger partial charge in [-0.05, 0) is 63.8 Å². The highest BCUT2D eigenvalue weighted by atomic mass is 32.1. The molecule has 0 unspecified atom stereocenters. The molecule has 0 saturated carbocycles. The fourth-order valence-electron chi connectivity index (χ4n) is 4.62. The van der Waals surface area contributed by atoms with Crippen molar-refractivity contribution < 1.29 is 64.5 Å². The monoisotopic (exact) mass is 736 g/mol. The van der Waals surface area contributed by atoms with E-state index in [2.05, 4.69) is 13.2 Å². The molecule has 0 aromatic carbocycles. The van der Waals surface area contributed by atoms with Gasteiger partial charge < -0.3 is 18.9 Å². The minimum atomic E-state index is -5.78. The van der Waals surface area contributed by atoms with Gasteiger partial charge in [0, 0.05) is 54.6 Å². The molecule has 268 valence electrons. The van der Waals surface area contributed by atoms with Gasteiger partial charge in [0.05, 0.1) is 13.2 Å². The van der Waals surface area contributed by atoms with E-state index in [0.717, 1.165) is 34.8 Å². The molecule has 0 bridgehead atoms. The summed E-state index contributed by atoms with van der Waals surface area (Å²) < 4.78 is 111. The van der Waals surface area contributed by atoms with E-state index in [-0.39, 0.29) is 69.6 Å². The fraction of sp³-hybridized carbons (Fsp3) is 0.455. The maximum atomic E-state index is 15.4. The number of aryl methyl sites for hydroxylation is 2. The number of alkyl halides is 6. The lowest BCUT2D eigenvalue weighted by Gasteiger charge is -2.25. The third-order valence-electron chi connectivity index (χ3n) is 7.11. The molecule has 1 aliphatic carbocycles. The lowest BCUT2D eigenvalue weighted by Crippen LogP contribution is -2.48. The number of carbonyl (C=O) groups is 4. The van der Waals surface area contributed by atoms with Crippen LogP contribution >= 0.6 is 22.7 Å². The SMILES string of the molecule is C=C(C)C(=O)OCCCC(=O)OCc1cc(C2=C(c3cc(COC(=O)CCCOC(=O)C(=C)C)sc3C)C(F)(F)C(F)(F)C2(F)F)c(C)s1. The molecule has 0 fully saturated rings. The molecule has 0 N–H and O–H groups in total. The van der Waals surface area contributed by atoms with E-state index in [9.17, 15) is 28.0 Å². The van der Waals surface area contributed by atoms with E-state index in [1.807, 2.05) is 0 Å². The van der Waals surface area contributed by atoms with Crippen LogP contribution in [-0.4, -0.2) is 54.9 Å². The number of hydrogen-bond acceptors (Lipinski definition) is 10. The van der Waals surface area contributed by atoms with Gasteiger partial charge in [-0.3, -0.25) is 9.59 Å². The number of allylic oxidation sites excluding steroid dienone is 2. The molecule has 3 rings (SSSR count). The minimum Gasteiger partial charge on any atom is -0.462 e. The van der Waals surface area contributed by atoms with Crippen LogP contribution in [0.1, 0.15) is 70.2 Å². The van der Waals surface area contributed by atoms with Crippen molar-refractivity contribution in [2.45, 2.75) is 84.4 Å². The third kappa shape index (κ3) is 8.82. The number of ether oxygens (including phenoxy) is 4. The zero-order valence-electron chi connectivity index (χ0n) is 27.1. The number of carbonyl (C=O) groups excluding carboxylic acids is 4. The predicted molar refractivity (Wildman–Crippen MR) is 169 cm³/mol. The second-order valence-corrected chi connectivity index (χ2v) is 13.9. The molecule has 0 aliphatic heterocycles. The van der Waals surface area contributed by atoms with Crippen molar-refractivity contribution in [3.8, 4) is 0 Å². The van der Waals surface area contributed by atoms with Crippen LogP contribution in [0.25, 0.3) is 11.1 Å². The Morgan fingerprint density at radius 1 is 0.653 bits per heavy atom. The molecule has 0 amide bonds. The lowest BCUT2D eigenvalue weighted by molar-refractivity contribution is -0.254. The van der Waals surface area contributed by atoms with Crippen LogP contribution < -0.4 is 0 Å². The summed E-state index contributed by atoms with van der Waals surface area (Å²) in [7, 11) is 0.